The third-order valence-electron chi connectivity index (χ3n) is 4.70. The smallest absolute Gasteiger partial charge is 0.325 e. The standard InChI is InChI=1S/C17H34N2O2/c1-5-10-15-11-7-8-13-19(15)14-9-12-17(3,18-6-2)16(20)21-4/h15,18H,5-14H2,1-4H3. The van der Waals surface area contributed by atoms with Gasteiger partial charge in [-0.05, 0) is 58.7 Å². The molecule has 1 saturated heterocycles. The highest BCUT2D eigenvalue weighted by Gasteiger charge is 2.33. The van der Waals surface area contributed by atoms with Gasteiger partial charge in [0.25, 0.3) is 0 Å². The molecule has 2 unspecified atom stereocenters. The molecular formula is C17H34N2O2. The molecule has 0 spiro atoms. The van der Waals surface area contributed by atoms with Crippen molar-refractivity contribution in [1.82, 2.24) is 10.2 Å². The zero-order valence-corrected chi connectivity index (χ0v) is 14.4. The molecule has 1 fully saturated rings. The quantitative estimate of drug-likeness (QED) is 0.665. The van der Waals surface area contributed by atoms with Crippen LogP contribution in [0.3, 0.4) is 0 Å². The first-order valence-electron chi connectivity index (χ1n) is 8.64. The number of carbonyl (C=O) groups excluding carboxylic acids is 1. The Kier molecular flexibility index (Phi) is 8.27. The lowest BCUT2D eigenvalue weighted by Crippen LogP contribution is -2.50. The fourth-order valence-electron chi connectivity index (χ4n) is 3.53. The molecule has 0 aromatic carbocycles. The minimum absolute atomic E-state index is 0.145. The number of rotatable bonds is 9. The molecule has 1 aliphatic heterocycles. The summed E-state index contributed by atoms with van der Waals surface area (Å²) in [6, 6.07) is 0.757. The van der Waals surface area contributed by atoms with E-state index in [2.05, 4.69) is 17.1 Å². The van der Waals surface area contributed by atoms with Gasteiger partial charge in [-0.2, -0.15) is 0 Å². The topological polar surface area (TPSA) is 41.6 Å². The van der Waals surface area contributed by atoms with E-state index in [0.717, 1.165) is 32.0 Å². The Hall–Kier alpha value is -0.610. The van der Waals surface area contributed by atoms with Crippen molar-refractivity contribution in [3.05, 3.63) is 0 Å². The van der Waals surface area contributed by atoms with Crippen LogP contribution in [0.25, 0.3) is 0 Å². The van der Waals surface area contributed by atoms with E-state index in [1.807, 2.05) is 13.8 Å². The average molecular weight is 298 g/mol. The number of hydrogen-bond donors (Lipinski definition) is 1. The van der Waals surface area contributed by atoms with E-state index >= 15 is 0 Å². The van der Waals surface area contributed by atoms with Crippen LogP contribution in [0.4, 0.5) is 0 Å². The average Bonchev–Trinajstić information content (AvgIpc) is 2.48. The Balaban J connectivity index is 2.46. The van der Waals surface area contributed by atoms with Crippen LogP contribution in [0.2, 0.25) is 0 Å². The maximum atomic E-state index is 12.0. The molecule has 0 aromatic rings. The number of nitrogens with zero attached hydrogens (tertiary/aromatic N) is 1. The second kappa shape index (κ2) is 9.42. The number of likely N-dealkylation sites (N-methyl/N-ethyl adjacent to an activating group) is 1. The van der Waals surface area contributed by atoms with Gasteiger partial charge in [0.15, 0.2) is 0 Å². The third-order valence-corrected chi connectivity index (χ3v) is 4.70. The normalized spacial score (nSPS) is 22.8. The Bertz CT molecular complexity index is 307. The zero-order valence-electron chi connectivity index (χ0n) is 14.4. The first-order chi connectivity index (χ1) is 10.1. The molecule has 4 nitrogen and oxygen atoms in total. The molecule has 0 aliphatic carbocycles. The number of nitrogens with one attached hydrogen (secondary N) is 1. The largest absolute Gasteiger partial charge is 0.468 e. The van der Waals surface area contributed by atoms with E-state index in [9.17, 15) is 4.79 Å². The van der Waals surface area contributed by atoms with Gasteiger partial charge in [0, 0.05) is 6.04 Å². The number of methoxy groups -OCH3 is 1. The maximum Gasteiger partial charge on any atom is 0.325 e. The Morgan fingerprint density at radius 3 is 2.76 bits per heavy atom. The van der Waals surface area contributed by atoms with Gasteiger partial charge in [-0.25, -0.2) is 0 Å². The molecule has 4 heteroatoms. The Labute approximate surface area is 130 Å². The lowest BCUT2D eigenvalue weighted by atomic mass is 9.94. The van der Waals surface area contributed by atoms with Crippen LogP contribution in [-0.2, 0) is 9.53 Å². The summed E-state index contributed by atoms with van der Waals surface area (Å²) < 4.78 is 4.96. The van der Waals surface area contributed by atoms with Crippen LogP contribution in [-0.4, -0.2) is 49.2 Å². The van der Waals surface area contributed by atoms with Gasteiger partial charge in [0.05, 0.1) is 7.11 Å². The number of esters is 1. The van der Waals surface area contributed by atoms with Gasteiger partial charge in [-0.3, -0.25) is 4.79 Å². The highest BCUT2D eigenvalue weighted by atomic mass is 16.5. The van der Waals surface area contributed by atoms with Gasteiger partial charge < -0.3 is 15.0 Å². The Morgan fingerprint density at radius 2 is 2.14 bits per heavy atom. The van der Waals surface area contributed by atoms with E-state index in [1.165, 1.54) is 45.8 Å². The summed E-state index contributed by atoms with van der Waals surface area (Å²) >= 11 is 0. The molecule has 0 saturated carbocycles. The SMILES string of the molecule is CCCC1CCCCN1CCCC(C)(NCC)C(=O)OC. The number of hydrogen-bond acceptors (Lipinski definition) is 4. The zero-order chi connectivity index (χ0) is 15.7. The molecule has 0 radical (unpaired) electrons. The summed E-state index contributed by atoms with van der Waals surface area (Å²) in [5, 5.41) is 3.29. The number of likely N-dealkylation sites (tertiary alicyclic amines) is 1. The van der Waals surface area contributed by atoms with Crippen LogP contribution < -0.4 is 5.32 Å². The van der Waals surface area contributed by atoms with Crippen LogP contribution in [0.1, 0.15) is 65.7 Å². The Morgan fingerprint density at radius 1 is 1.38 bits per heavy atom. The number of ether oxygens (including phenoxy) is 1. The first kappa shape index (κ1) is 18.4. The summed E-state index contributed by atoms with van der Waals surface area (Å²) in [5.74, 6) is -0.145. The highest BCUT2D eigenvalue weighted by molar-refractivity contribution is 5.80. The summed E-state index contributed by atoms with van der Waals surface area (Å²) in [6.07, 6.45) is 8.48. The van der Waals surface area contributed by atoms with Crippen molar-refractivity contribution in [1.29, 1.82) is 0 Å². The molecule has 0 bridgehead atoms. The molecule has 1 rings (SSSR count). The lowest BCUT2D eigenvalue weighted by Gasteiger charge is -2.36. The minimum Gasteiger partial charge on any atom is -0.468 e. The monoisotopic (exact) mass is 298 g/mol. The number of piperidine rings is 1. The van der Waals surface area contributed by atoms with Crippen molar-refractivity contribution in [2.24, 2.45) is 0 Å². The van der Waals surface area contributed by atoms with Gasteiger partial charge in [-0.1, -0.05) is 26.7 Å². The molecule has 0 aromatic heterocycles. The molecule has 0 amide bonds. The number of carbonyl (C=O) groups is 1. The highest BCUT2D eigenvalue weighted by Crippen LogP contribution is 2.22. The summed E-state index contributed by atoms with van der Waals surface area (Å²) in [7, 11) is 1.47. The maximum absolute atomic E-state index is 12.0. The predicted molar refractivity (Wildman–Crippen MR) is 87.5 cm³/mol. The molecular weight excluding hydrogens is 264 g/mol. The van der Waals surface area contributed by atoms with Gasteiger partial charge in [0.1, 0.15) is 5.54 Å². The molecule has 1 aliphatic rings. The molecule has 21 heavy (non-hydrogen) atoms. The van der Waals surface area contributed by atoms with E-state index in [0.29, 0.717) is 0 Å². The van der Waals surface area contributed by atoms with Crippen molar-refractivity contribution < 1.29 is 9.53 Å². The first-order valence-corrected chi connectivity index (χ1v) is 8.64. The summed E-state index contributed by atoms with van der Waals surface area (Å²) in [5.41, 5.74) is -0.542. The van der Waals surface area contributed by atoms with Crippen molar-refractivity contribution in [2.45, 2.75) is 77.3 Å². The predicted octanol–water partition coefficient (Wildman–Crippen LogP) is 2.96. The third kappa shape index (κ3) is 5.59. The van der Waals surface area contributed by atoms with Gasteiger partial charge in [-0.15, -0.1) is 0 Å². The fourth-order valence-corrected chi connectivity index (χ4v) is 3.53. The van der Waals surface area contributed by atoms with Gasteiger partial charge >= 0.3 is 5.97 Å². The van der Waals surface area contributed by atoms with Crippen molar-refractivity contribution >= 4 is 5.97 Å². The molecule has 1 N–H and O–H groups in total. The van der Waals surface area contributed by atoms with E-state index in [4.69, 9.17) is 4.74 Å². The lowest BCUT2D eigenvalue weighted by molar-refractivity contribution is -0.148. The fraction of sp³-hybridized carbons (Fsp3) is 0.941. The van der Waals surface area contributed by atoms with E-state index in [-0.39, 0.29) is 5.97 Å². The van der Waals surface area contributed by atoms with Crippen molar-refractivity contribution in [3.63, 3.8) is 0 Å². The van der Waals surface area contributed by atoms with E-state index in [1.54, 1.807) is 0 Å². The van der Waals surface area contributed by atoms with Crippen LogP contribution in [0.5, 0.6) is 0 Å². The molecule has 1 heterocycles. The van der Waals surface area contributed by atoms with Crippen LogP contribution in [0.15, 0.2) is 0 Å². The van der Waals surface area contributed by atoms with Crippen LogP contribution in [0, 0.1) is 0 Å². The summed E-state index contributed by atoms with van der Waals surface area (Å²) in [6.45, 7) is 9.37. The summed E-state index contributed by atoms with van der Waals surface area (Å²) in [4.78, 5) is 14.6. The van der Waals surface area contributed by atoms with Crippen LogP contribution >= 0.6 is 0 Å². The second-order valence-corrected chi connectivity index (χ2v) is 6.43. The second-order valence-electron chi connectivity index (χ2n) is 6.43. The van der Waals surface area contributed by atoms with Gasteiger partial charge in [0.2, 0.25) is 0 Å². The van der Waals surface area contributed by atoms with Crippen molar-refractivity contribution in [3.8, 4) is 0 Å². The van der Waals surface area contributed by atoms with Crippen molar-refractivity contribution in [2.75, 3.05) is 26.7 Å². The molecule has 124 valence electrons. The minimum atomic E-state index is -0.542. The van der Waals surface area contributed by atoms with E-state index < -0.39 is 5.54 Å². The molecule has 2 atom stereocenters.